The summed E-state index contributed by atoms with van der Waals surface area (Å²) in [5, 5.41) is 0. The number of alkyl halides is 3. The topological polar surface area (TPSA) is 43.4 Å². The third kappa shape index (κ3) is 6.11. The molecule has 0 unspecified atom stereocenters. The second-order valence-electron chi connectivity index (χ2n) is 5.89. The van der Waals surface area contributed by atoms with Gasteiger partial charge in [0.1, 0.15) is 5.75 Å². The Morgan fingerprint density at radius 2 is 1.62 bits per heavy atom. The van der Waals surface area contributed by atoms with Gasteiger partial charge in [-0.3, -0.25) is 9.59 Å². The number of ketones is 2. The van der Waals surface area contributed by atoms with E-state index in [1.165, 1.54) is 24.3 Å². The van der Waals surface area contributed by atoms with Crippen LogP contribution < -0.4 is 4.74 Å². The van der Waals surface area contributed by atoms with Crippen molar-refractivity contribution in [1.82, 2.24) is 0 Å². The largest absolute Gasteiger partial charge is 0.497 e. The second-order valence-corrected chi connectivity index (χ2v) is 11.3. The average Bonchev–Trinajstić information content (AvgIpc) is 2.35. The standard InChI is InChI=1S/C14H17F3O3Si/c1-21(2,3)9-20-11-6-4-10(5-7-11)12(18)8-13(19)14(15,16)17/h4-7H,8-9H2,1-3H3. The van der Waals surface area contributed by atoms with Gasteiger partial charge in [0.2, 0.25) is 5.78 Å². The molecular formula is C14H17F3O3Si. The van der Waals surface area contributed by atoms with E-state index in [-0.39, 0.29) is 5.56 Å². The highest BCUT2D eigenvalue weighted by atomic mass is 28.3. The van der Waals surface area contributed by atoms with Crippen LogP contribution in [0.4, 0.5) is 13.2 Å². The summed E-state index contributed by atoms with van der Waals surface area (Å²) in [6.07, 6.45) is -5.54. The van der Waals surface area contributed by atoms with Crippen LogP contribution in [-0.2, 0) is 4.79 Å². The van der Waals surface area contributed by atoms with E-state index >= 15 is 0 Å². The van der Waals surface area contributed by atoms with Crippen molar-refractivity contribution in [1.29, 1.82) is 0 Å². The van der Waals surface area contributed by atoms with Crippen LogP contribution in [0.3, 0.4) is 0 Å². The molecule has 116 valence electrons. The maximum atomic E-state index is 12.1. The van der Waals surface area contributed by atoms with Crippen LogP contribution in [0, 0.1) is 0 Å². The van der Waals surface area contributed by atoms with Crippen molar-refractivity contribution in [2.24, 2.45) is 0 Å². The van der Waals surface area contributed by atoms with E-state index in [9.17, 15) is 22.8 Å². The van der Waals surface area contributed by atoms with Crippen molar-refractivity contribution in [3.05, 3.63) is 29.8 Å². The highest BCUT2D eigenvalue weighted by Gasteiger charge is 2.39. The maximum absolute atomic E-state index is 12.1. The third-order valence-electron chi connectivity index (χ3n) is 2.49. The summed E-state index contributed by atoms with van der Waals surface area (Å²) < 4.78 is 41.8. The van der Waals surface area contributed by atoms with Crippen LogP contribution in [0.5, 0.6) is 5.75 Å². The normalized spacial score (nSPS) is 12.1. The summed E-state index contributed by atoms with van der Waals surface area (Å²) in [5.41, 5.74) is 0.0629. The molecule has 1 aromatic carbocycles. The molecule has 0 fully saturated rings. The first-order chi connectivity index (χ1) is 9.49. The number of benzene rings is 1. The lowest BCUT2D eigenvalue weighted by Crippen LogP contribution is -2.30. The molecule has 0 aliphatic heterocycles. The molecule has 0 saturated carbocycles. The predicted molar refractivity (Wildman–Crippen MR) is 75.3 cm³/mol. The number of hydrogen-bond acceptors (Lipinski definition) is 3. The number of rotatable bonds is 6. The van der Waals surface area contributed by atoms with Gasteiger partial charge in [-0.1, -0.05) is 19.6 Å². The van der Waals surface area contributed by atoms with Crippen molar-refractivity contribution >= 4 is 19.6 Å². The summed E-state index contributed by atoms with van der Waals surface area (Å²) in [4.78, 5) is 22.3. The molecule has 0 aromatic heterocycles. The fraction of sp³-hybridized carbons (Fsp3) is 0.429. The fourth-order valence-electron chi connectivity index (χ4n) is 1.39. The van der Waals surface area contributed by atoms with E-state index in [1.807, 2.05) is 0 Å². The zero-order chi connectivity index (χ0) is 16.3. The number of carbonyl (C=O) groups excluding carboxylic acids is 2. The Hall–Kier alpha value is -1.63. The summed E-state index contributed by atoms with van der Waals surface area (Å²) >= 11 is 0. The number of Topliss-reactive ketones (excluding diaryl/α,β-unsaturated/α-hetero) is 2. The summed E-state index contributed by atoms with van der Waals surface area (Å²) in [5.74, 6) is -2.34. The monoisotopic (exact) mass is 318 g/mol. The van der Waals surface area contributed by atoms with Crippen LogP contribution in [0.1, 0.15) is 16.8 Å². The minimum Gasteiger partial charge on any atom is -0.497 e. The average molecular weight is 318 g/mol. The molecule has 1 aromatic rings. The van der Waals surface area contributed by atoms with E-state index in [0.717, 1.165) is 0 Å². The molecule has 0 aliphatic rings. The SMILES string of the molecule is C[Si](C)(C)COc1ccc(C(=O)CC(=O)C(F)(F)F)cc1. The molecule has 0 N–H and O–H groups in total. The van der Waals surface area contributed by atoms with Gasteiger partial charge in [0.15, 0.2) is 5.78 Å². The van der Waals surface area contributed by atoms with Gasteiger partial charge < -0.3 is 4.74 Å². The molecule has 0 heterocycles. The van der Waals surface area contributed by atoms with Gasteiger partial charge in [0.25, 0.3) is 0 Å². The zero-order valence-corrected chi connectivity index (χ0v) is 13.1. The van der Waals surface area contributed by atoms with Crippen molar-refractivity contribution in [3.63, 3.8) is 0 Å². The molecule has 0 aliphatic carbocycles. The van der Waals surface area contributed by atoms with Crippen LogP contribution in [0.25, 0.3) is 0 Å². The molecule has 21 heavy (non-hydrogen) atoms. The molecule has 0 atom stereocenters. The van der Waals surface area contributed by atoms with E-state index in [4.69, 9.17) is 4.74 Å². The summed E-state index contributed by atoms with van der Waals surface area (Å²) in [6.45, 7) is 6.40. The fourth-order valence-corrected chi connectivity index (χ4v) is 1.98. The minimum atomic E-state index is -4.98. The van der Waals surface area contributed by atoms with E-state index in [2.05, 4.69) is 19.6 Å². The molecule has 0 radical (unpaired) electrons. The number of carbonyl (C=O) groups is 2. The molecule has 1 rings (SSSR count). The Morgan fingerprint density at radius 3 is 2.05 bits per heavy atom. The quantitative estimate of drug-likeness (QED) is 0.457. The maximum Gasteiger partial charge on any atom is 0.450 e. The number of hydrogen-bond donors (Lipinski definition) is 0. The lowest BCUT2D eigenvalue weighted by Gasteiger charge is -2.16. The van der Waals surface area contributed by atoms with Gasteiger partial charge >= 0.3 is 6.18 Å². The van der Waals surface area contributed by atoms with Crippen LogP contribution >= 0.6 is 0 Å². The van der Waals surface area contributed by atoms with Gasteiger partial charge in [-0.2, -0.15) is 13.2 Å². The zero-order valence-electron chi connectivity index (χ0n) is 12.1. The molecule has 0 bridgehead atoms. The molecule has 0 spiro atoms. The van der Waals surface area contributed by atoms with Crippen molar-refractivity contribution in [3.8, 4) is 5.75 Å². The Morgan fingerprint density at radius 1 is 1.10 bits per heavy atom. The van der Waals surface area contributed by atoms with Gasteiger partial charge in [-0.25, -0.2) is 0 Å². The lowest BCUT2D eigenvalue weighted by atomic mass is 10.1. The third-order valence-corrected chi connectivity index (χ3v) is 3.50. The second kappa shape index (κ2) is 6.42. The first-order valence-corrected chi connectivity index (χ1v) is 10.1. The summed E-state index contributed by atoms with van der Waals surface area (Å²) in [7, 11) is -1.38. The lowest BCUT2D eigenvalue weighted by molar-refractivity contribution is -0.170. The molecule has 0 amide bonds. The Kier molecular flexibility index (Phi) is 5.33. The Labute approximate surface area is 122 Å². The van der Waals surface area contributed by atoms with Gasteiger partial charge in [-0.05, 0) is 24.3 Å². The first-order valence-electron chi connectivity index (χ1n) is 6.35. The van der Waals surface area contributed by atoms with Crippen LogP contribution in [-0.4, -0.2) is 32.0 Å². The highest BCUT2D eigenvalue weighted by Crippen LogP contribution is 2.20. The van der Waals surface area contributed by atoms with Crippen LogP contribution in [0.15, 0.2) is 24.3 Å². The number of halogens is 3. The van der Waals surface area contributed by atoms with Crippen molar-refractivity contribution < 1.29 is 27.5 Å². The summed E-state index contributed by atoms with van der Waals surface area (Å²) in [6, 6.07) is 5.77. The molecular weight excluding hydrogens is 301 g/mol. The van der Waals surface area contributed by atoms with Crippen molar-refractivity contribution in [2.45, 2.75) is 32.2 Å². The van der Waals surface area contributed by atoms with E-state index < -0.39 is 32.2 Å². The van der Waals surface area contributed by atoms with Crippen LogP contribution in [0.2, 0.25) is 19.6 Å². The number of ether oxygens (including phenoxy) is 1. The van der Waals surface area contributed by atoms with Crippen molar-refractivity contribution in [2.75, 3.05) is 6.23 Å². The minimum absolute atomic E-state index is 0.0629. The van der Waals surface area contributed by atoms with E-state index in [0.29, 0.717) is 12.0 Å². The smallest absolute Gasteiger partial charge is 0.450 e. The highest BCUT2D eigenvalue weighted by molar-refractivity contribution is 6.76. The van der Waals surface area contributed by atoms with Gasteiger partial charge in [0, 0.05) is 5.56 Å². The van der Waals surface area contributed by atoms with Gasteiger partial charge in [-0.15, -0.1) is 0 Å². The first kappa shape index (κ1) is 17.4. The van der Waals surface area contributed by atoms with E-state index in [1.54, 1.807) is 0 Å². The Balaban J connectivity index is 2.66. The Bertz CT molecular complexity index is 516. The van der Waals surface area contributed by atoms with Gasteiger partial charge in [0.05, 0.1) is 20.7 Å². The molecule has 7 heteroatoms. The molecule has 3 nitrogen and oxygen atoms in total. The predicted octanol–water partition coefficient (Wildman–Crippen LogP) is 3.65. The molecule has 0 saturated heterocycles.